The van der Waals surface area contributed by atoms with E-state index in [1.165, 1.54) is 37.7 Å². The molecule has 1 aliphatic carbocycles. The summed E-state index contributed by atoms with van der Waals surface area (Å²) >= 11 is 0. The molecule has 194 valence electrons. The zero-order valence-corrected chi connectivity index (χ0v) is 20.5. The van der Waals surface area contributed by atoms with Gasteiger partial charge in [0, 0.05) is 33.2 Å². The Labute approximate surface area is 196 Å². The first-order valence-corrected chi connectivity index (χ1v) is 9.89. The fraction of sp³-hybridized carbons (Fsp3) is 0.545. The van der Waals surface area contributed by atoms with Crippen LogP contribution in [0.1, 0.15) is 72.3 Å². The van der Waals surface area contributed by atoms with Crippen LogP contribution in [0.5, 0.6) is 0 Å². The molecule has 0 heterocycles. The minimum atomic E-state index is -0.833. The van der Waals surface area contributed by atoms with Crippen LogP contribution in [0.25, 0.3) is 0 Å². The van der Waals surface area contributed by atoms with Gasteiger partial charge in [0.2, 0.25) is 0 Å². The van der Waals surface area contributed by atoms with Gasteiger partial charge in [-0.05, 0) is 24.9 Å². The maximum atomic E-state index is 9.00. The molecular formula is C22H43N3O8. The summed E-state index contributed by atoms with van der Waals surface area (Å²) in [5, 5.41) is 33.4. The van der Waals surface area contributed by atoms with Gasteiger partial charge in [-0.3, -0.25) is 19.2 Å². The van der Waals surface area contributed by atoms with E-state index in [1.54, 1.807) is 0 Å². The minimum Gasteiger partial charge on any atom is -0.481 e. The molecule has 0 atom stereocenters. The summed E-state index contributed by atoms with van der Waals surface area (Å²) < 4.78 is 0. The monoisotopic (exact) mass is 477 g/mol. The first-order valence-electron chi connectivity index (χ1n) is 9.89. The molecule has 11 N–H and O–H groups in total. The van der Waals surface area contributed by atoms with Crippen molar-refractivity contribution in [3.05, 3.63) is 35.9 Å². The summed E-state index contributed by atoms with van der Waals surface area (Å²) in [6.07, 6.45) is 6.72. The second-order valence-electron chi connectivity index (χ2n) is 6.62. The van der Waals surface area contributed by atoms with E-state index in [2.05, 4.69) is 42.6 Å². The predicted molar refractivity (Wildman–Crippen MR) is 128 cm³/mol. The molecule has 0 aliphatic heterocycles. The number of carbonyl (C=O) groups is 4. The van der Waals surface area contributed by atoms with Crippen LogP contribution < -0.4 is 17.6 Å². The molecule has 0 bridgehead atoms. The lowest BCUT2D eigenvalue weighted by Crippen LogP contribution is -2.43. The van der Waals surface area contributed by atoms with Crippen molar-refractivity contribution in [3.63, 3.8) is 0 Å². The number of carboxylic acid groups (broad SMARTS) is 4. The number of hydrogen-bond acceptors (Lipinski definition) is 7. The van der Waals surface area contributed by atoms with Gasteiger partial charge in [0.25, 0.3) is 23.9 Å². The second-order valence-corrected chi connectivity index (χ2v) is 6.62. The zero-order chi connectivity index (χ0) is 24.9. The van der Waals surface area contributed by atoms with Crippen LogP contribution in [-0.2, 0) is 24.7 Å². The fourth-order valence-electron chi connectivity index (χ4n) is 2.82. The lowest BCUT2D eigenvalue weighted by Gasteiger charge is -2.38. The normalized spacial score (nSPS) is 12.2. The molecule has 2 rings (SSSR count). The highest BCUT2D eigenvalue weighted by Crippen LogP contribution is 2.36. The Balaban J connectivity index is -0.000000122. The van der Waals surface area contributed by atoms with Gasteiger partial charge in [-0.2, -0.15) is 0 Å². The molecule has 11 heteroatoms. The van der Waals surface area contributed by atoms with Crippen LogP contribution in [0.3, 0.4) is 0 Å². The predicted octanol–water partition coefficient (Wildman–Crippen LogP) is 4.14. The topological polar surface area (TPSA) is 231 Å². The number of rotatable bonds is 3. The molecule has 1 saturated carbocycles. The SMILES string of the molecule is CC(=O)O.CC(=O)O.CC(=O)O.CC(=O)O.CCNC1(c2ccccc2)CCCCC1.N.N. The lowest BCUT2D eigenvalue weighted by molar-refractivity contribution is -0.135. The van der Waals surface area contributed by atoms with Crippen LogP contribution in [0.2, 0.25) is 0 Å². The highest BCUT2D eigenvalue weighted by atomic mass is 16.4. The Morgan fingerprint density at radius 2 is 1.03 bits per heavy atom. The molecule has 0 unspecified atom stereocenters. The molecule has 0 amide bonds. The molecule has 1 aromatic carbocycles. The summed E-state index contributed by atoms with van der Waals surface area (Å²) in [5.41, 5.74) is 1.75. The maximum absolute atomic E-state index is 9.00. The van der Waals surface area contributed by atoms with Crippen LogP contribution in [0.4, 0.5) is 0 Å². The fourth-order valence-corrected chi connectivity index (χ4v) is 2.82. The molecule has 0 spiro atoms. The average Bonchev–Trinajstić information content (AvgIpc) is 2.62. The summed E-state index contributed by atoms with van der Waals surface area (Å²) in [6.45, 7) is 7.61. The quantitative estimate of drug-likeness (QED) is 0.326. The van der Waals surface area contributed by atoms with Crippen molar-refractivity contribution in [2.24, 2.45) is 0 Å². The van der Waals surface area contributed by atoms with Crippen LogP contribution in [0.15, 0.2) is 30.3 Å². The lowest BCUT2D eigenvalue weighted by atomic mass is 9.76. The van der Waals surface area contributed by atoms with Gasteiger partial charge in [0.15, 0.2) is 0 Å². The number of aliphatic carboxylic acids is 4. The largest absolute Gasteiger partial charge is 0.481 e. The highest BCUT2D eigenvalue weighted by molar-refractivity contribution is 5.63. The van der Waals surface area contributed by atoms with Crippen molar-refractivity contribution in [3.8, 4) is 0 Å². The Kier molecular flexibility index (Phi) is 30.9. The van der Waals surface area contributed by atoms with Crippen molar-refractivity contribution in [1.29, 1.82) is 0 Å². The summed E-state index contributed by atoms with van der Waals surface area (Å²) in [7, 11) is 0. The molecule has 33 heavy (non-hydrogen) atoms. The molecule has 1 aromatic rings. The Morgan fingerprint density at radius 3 is 1.30 bits per heavy atom. The van der Waals surface area contributed by atoms with E-state index in [9.17, 15) is 0 Å². The van der Waals surface area contributed by atoms with Gasteiger partial charge in [0.05, 0.1) is 0 Å². The summed E-state index contributed by atoms with van der Waals surface area (Å²) in [5.74, 6) is -3.33. The van der Waals surface area contributed by atoms with Crippen molar-refractivity contribution in [1.82, 2.24) is 17.6 Å². The molecular weight excluding hydrogens is 434 g/mol. The smallest absolute Gasteiger partial charge is 0.300 e. The minimum absolute atomic E-state index is 0. The van der Waals surface area contributed by atoms with Crippen molar-refractivity contribution >= 4 is 23.9 Å². The van der Waals surface area contributed by atoms with Crippen molar-refractivity contribution in [2.75, 3.05) is 6.54 Å². The Morgan fingerprint density at radius 1 is 0.727 bits per heavy atom. The zero-order valence-electron chi connectivity index (χ0n) is 20.5. The Bertz CT molecular complexity index is 564. The van der Waals surface area contributed by atoms with Crippen molar-refractivity contribution in [2.45, 2.75) is 72.3 Å². The summed E-state index contributed by atoms with van der Waals surface area (Å²) in [6, 6.07) is 11.0. The van der Waals surface area contributed by atoms with E-state index in [0.29, 0.717) is 0 Å². The molecule has 11 nitrogen and oxygen atoms in total. The highest BCUT2D eigenvalue weighted by Gasteiger charge is 2.32. The first-order chi connectivity index (χ1) is 14.3. The van der Waals surface area contributed by atoms with Crippen LogP contribution >= 0.6 is 0 Å². The molecule has 0 radical (unpaired) electrons. The third kappa shape index (κ3) is 33.8. The third-order valence-corrected chi connectivity index (χ3v) is 3.55. The molecule has 1 aliphatic rings. The van der Waals surface area contributed by atoms with Gasteiger partial charge in [-0.1, -0.05) is 56.5 Å². The number of nitrogens with one attached hydrogen (secondary N) is 1. The molecule has 0 aromatic heterocycles. The standard InChI is InChI=1S/C14H21N.4C2H4O2.2H3N/c1-2-15-14(11-7-4-8-12-14)13-9-5-3-6-10-13;4*1-2(3)4;;/h3,5-6,9-10,15H,2,4,7-8,11-12H2,1H3;4*1H3,(H,3,4);2*1H3. The molecule has 0 saturated heterocycles. The van der Waals surface area contributed by atoms with E-state index in [4.69, 9.17) is 39.6 Å². The van der Waals surface area contributed by atoms with E-state index in [0.717, 1.165) is 34.2 Å². The van der Waals surface area contributed by atoms with E-state index in [-0.39, 0.29) is 17.8 Å². The average molecular weight is 478 g/mol. The third-order valence-electron chi connectivity index (χ3n) is 3.55. The number of benzene rings is 1. The maximum Gasteiger partial charge on any atom is 0.300 e. The van der Waals surface area contributed by atoms with E-state index in [1.807, 2.05) is 0 Å². The van der Waals surface area contributed by atoms with Gasteiger partial charge in [-0.25, -0.2) is 0 Å². The van der Waals surface area contributed by atoms with Crippen LogP contribution in [-0.4, -0.2) is 50.8 Å². The van der Waals surface area contributed by atoms with Gasteiger partial charge >= 0.3 is 0 Å². The second kappa shape index (κ2) is 25.2. The van der Waals surface area contributed by atoms with E-state index < -0.39 is 23.9 Å². The van der Waals surface area contributed by atoms with Crippen molar-refractivity contribution < 1.29 is 39.6 Å². The van der Waals surface area contributed by atoms with Gasteiger partial charge in [0.1, 0.15) is 0 Å². The first kappa shape index (κ1) is 40.3. The summed E-state index contributed by atoms with van der Waals surface area (Å²) in [4.78, 5) is 36.0. The van der Waals surface area contributed by atoms with Gasteiger partial charge in [-0.15, -0.1) is 0 Å². The van der Waals surface area contributed by atoms with Crippen LogP contribution in [0, 0.1) is 0 Å². The molecule has 1 fully saturated rings. The Hall–Kier alpha value is -3.02. The number of hydrogen-bond donors (Lipinski definition) is 7. The van der Waals surface area contributed by atoms with E-state index >= 15 is 0 Å². The number of carboxylic acids is 4. The van der Waals surface area contributed by atoms with Gasteiger partial charge < -0.3 is 38.0 Å².